The van der Waals surface area contributed by atoms with E-state index in [4.69, 9.17) is 16.3 Å². The van der Waals surface area contributed by atoms with Crippen LogP contribution < -0.4 is 15.4 Å². The van der Waals surface area contributed by atoms with Gasteiger partial charge in [0.1, 0.15) is 5.75 Å². The summed E-state index contributed by atoms with van der Waals surface area (Å²) in [5, 5.41) is 6.80. The predicted molar refractivity (Wildman–Crippen MR) is 86.8 cm³/mol. The van der Waals surface area contributed by atoms with Crippen molar-refractivity contribution in [1.29, 1.82) is 0 Å². The number of amides is 1. The Kier molecular flexibility index (Phi) is 8.16. The third-order valence-corrected chi connectivity index (χ3v) is 3.07. The van der Waals surface area contributed by atoms with Crippen LogP contribution in [-0.4, -0.2) is 25.6 Å². The summed E-state index contributed by atoms with van der Waals surface area (Å²) in [6.45, 7) is 8.51. The van der Waals surface area contributed by atoms with Gasteiger partial charge in [-0.2, -0.15) is 0 Å². The summed E-state index contributed by atoms with van der Waals surface area (Å²) < 4.78 is 5.61. The van der Waals surface area contributed by atoms with Crippen LogP contribution in [0.15, 0.2) is 18.2 Å². The molecular weight excluding hydrogens is 288 g/mol. The lowest BCUT2D eigenvalue weighted by molar-refractivity contribution is -0.123. The average Bonchev–Trinajstić information content (AvgIpc) is 2.44. The maximum absolute atomic E-state index is 11.7. The second kappa shape index (κ2) is 9.64. The van der Waals surface area contributed by atoms with Crippen molar-refractivity contribution in [2.24, 2.45) is 5.92 Å². The highest BCUT2D eigenvalue weighted by atomic mass is 35.5. The highest BCUT2D eigenvalue weighted by Gasteiger charge is 2.08. The molecule has 0 spiro atoms. The van der Waals surface area contributed by atoms with Crippen LogP contribution in [0.2, 0.25) is 5.02 Å². The first kappa shape index (κ1) is 17.8. The van der Waals surface area contributed by atoms with Crippen molar-refractivity contribution in [2.45, 2.75) is 33.7 Å². The molecule has 118 valence electrons. The van der Waals surface area contributed by atoms with E-state index in [1.165, 1.54) is 0 Å². The van der Waals surface area contributed by atoms with Crippen LogP contribution in [0.25, 0.3) is 0 Å². The summed E-state index contributed by atoms with van der Waals surface area (Å²) in [7, 11) is 0. The van der Waals surface area contributed by atoms with Gasteiger partial charge < -0.3 is 15.4 Å². The van der Waals surface area contributed by atoms with Crippen LogP contribution in [0.3, 0.4) is 0 Å². The largest absolute Gasteiger partial charge is 0.483 e. The topological polar surface area (TPSA) is 50.4 Å². The molecule has 0 radical (unpaired) electrons. The molecule has 0 aliphatic carbocycles. The fraction of sp³-hybridized carbons (Fsp3) is 0.562. The van der Waals surface area contributed by atoms with Crippen molar-refractivity contribution >= 4 is 17.5 Å². The minimum atomic E-state index is -0.105. The Hall–Kier alpha value is -1.26. The summed E-state index contributed by atoms with van der Waals surface area (Å²) in [5.41, 5.74) is 0.965. The van der Waals surface area contributed by atoms with E-state index in [-0.39, 0.29) is 12.5 Å². The lowest BCUT2D eigenvalue weighted by atomic mass is 10.2. The SMILES string of the molecule is CCCNCc1cc(Cl)ccc1OCC(=O)NCC(C)C. The molecule has 0 fully saturated rings. The van der Waals surface area contributed by atoms with E-state index in [9.17, 15) is 4.79 Å². The molecule has 0 saturated heterocycles. The zero-order valence-electron chi connectivity index (χ0n) is 13.0. The average molecular weight is 313 g/mol. The second-order valence-electron chi connectivity index (χ2n) is 5.42. The first-order valence-corrected chi connectivity index (χ1v) is 7.79. The van der Waals surface area contributed by atoms with Gasteiger partial charge in [-0.1, -0.05) is 32.4 Å². The van der Waals surface area contributed by atoms with E-state index < -0.39 is 0 Å². The zero-order valence-corrected chi connectivity index (χ0v) is 13.8. The quantitative estimate of drug-likeness (QED) is 0.689. The minimum Gasteiger partial charge on any atom is -0.483 e. The van der Waals surface area contributed by atoms with E-state index in [2.05, 4.69) is 31.4 Å². The highest BCUT2D eigenvalue weighted by molar-refractivity contribution is 6.30. The third-order valence-electron chi connectivity index (χ3n) is 2.83. The number of carbonyl (C=O) groups is 1. The smallest absolute Gasteiger partial charge is 0.257 e. The first-order valence-electron chi connectivity index (χ1n) is 7.41. The maximum atomic E-state index is 11.7. The molecule has 4 nitrogen and oxygen atoms in total. The summed E-state index contributed by atoms with van der Waals surface area (Å²) in [6.07, 6.45) is 1.06. The van der Waals surface area contributed by atoms with Gasteiger partial charge in [-0.05, 0) is 37.1 Å². The number of ether oxygens (including phenoxy) is 1. The fourth-order valence-corrected chi connectivity index (χ4v) is 1.93. The molecule has 0 aromatic heterocycles. The molecule has 0 bridgehead atoms. The van der Waals surface area contributed by atoms with Gasteiger partial charge >= 0.3 is 0 Å². The van der Waals surface area contributed by atoms with Gasteiger partial charge in [0.2, 0.25) is 0 Å². The third kappa shape index (κ3) is 7.34. The van der Waals surface area contributed by atoms with Crippen molar-refractivity contribution < 1.29 is 9.53 Å². The van der Waals surface area contributed by atoms with Crippen molar-refractivity contribution in [2.75, 3.05) is 19.7 Å². The zero-order chi connectivity index (χ0) is 15.7. The van der Waals surface area contributed by atoms with E-state index >= 15 is 0 Å². The Morgan fingerprint density at radius 2 is 2.14 bits per heavy atom. The summed E-state index contributed by atoms with van der Waals surface area (Å²) in [4.78, 5) is 11.7. The van der Waals surface area contributed by atoms with Crippen LogP contribution in [0, 0.1) is 5.92 Å². The van der Waals surface area contributed by atoms with Crippen molar-refractivity contribution in [3.63, 3.8) is 0 Å². The lowest BCUT2D eigenvalue weighted by Gasteiger charge is -2.13. The summed E-state index contributed by atoms with van der Waals surface area (Å²) >= 11 is 6.01. The van der Waals surface area contributed by atoms with Crippen LogP contribution in [0.4, 0.5) is 0 Å². The molecule has 0 saturated carbocycles. The van der Waals surface area contributed by atoms with Gasteiger partial charge in [0.25, 0.3) is 5.91 Å². The summed E-state index contributed by atoms with van der Waals surface area (Å²) in [6, 6.07) is 5.44. The second-order valence-corrected chi connectivity index (χ2v) is 5.85. The van der Waals surface area contributed by atoms with Crippen LogP contribution in [0.5, 0.6) is 5.75 Å². The molecule has 0 heterocycles. The number of nitrogens with one attached hydrogen (secondary N) is 2. The maximum Gasteiger partial charge on any atom is 0.257 e. The standard InChI is InChI=1S/C16H25ClN2O2/c1-4-7-18-10-13-8-14(17)5-6-15(13)21-11-16(20)19-9-12(2)3/h5-6,8,12,18H,4,7,9-11H2,1-3H3,(H,19,20). The Morgan fingerprint density at radius 3 is 2.81 bits per heavy atom. The molecule has 0 atom stereocenters. The highest BCUT2D eigenvalue weighted by Crippen LogP contribution is 2.22. The number of hydrogen-bond donors (Lipinski definition) is 2. The van der Waals surface area contributed by atoms with E-state index in [0.29, 0.717) is 29.8 Å². The molecule has 5 heteroatoms. The Labute approximate surface area is 132 Å². The van der Waals surface area contributed by atoms with Crippen LogP contribution in [-0.2, 0) is 11.3 Å². The van der Waals surface area contributed by atoms with Crippen LogP contribution in [0.1, 0.15) is 32.8 Å². The van der Waals surface area contributed by atoms with E-state index in [1.54, 1.807) is 12.1 Å². The number of halogens is 1. The number of carbonyl (C=O) groups excluding carboxylic acids is 1. The van der Waals surface area contributed by atoms with Crippen molar-refractivity contribution in [3.8, 4) is 5.75 Å². The first-order chi connectivity index (χ1) is 10.0. The Balaban J connectivity index is 2.54. The molecule has 1 rings (SSSR count). The van der Waals surface area contributed by atoms with E-state index in [1.807, 2.05) is 6.07 Å². The molecular formula is C16H25ClN2O2. The van der Waals surface area contributed by atoms with Crippen molar-refractivity contribution in [1.82, 2.24) is 10.6 Å². The molecule has 1 aromatic carbocycles. The number of benzene rings is 1. The molecule has 1 aromatic rings. The van der Waals surface area contributed by atoms with Crippen LogP contribution >= 0.6 is 11.6 Å². The Morgan fingerprint density at radius 1 is 1.38 bits per heavy atom. The monoisotopic (exact) mass is 312 g/mol. The van der Waals surface area contributed by atoms with Gasteiger partial charge in [-0.25, -0.2) is 0 Å². The normalized spacial score (nSPS) is 10.7. The number of hydrogen-bond acceptors (Lipinski definition) is 3. The minimum absolute atomic E-state index is 0.0229. The Bertz CT molecular complexity index is 450. The van der Waals surface area contributed by atoms with Crippen molar-refractivity contribution in [3.05, 3.63) is 28.8 Å². The van der Waals surface area contributed by atoms with Gasteiger partial charge in [0.15, 0.2) is 6.61 Å². The van der Waals surface area contributed by atoms with Gasteiger partial charge in [0, 0.05) is 23.7 Å². The van der Waals surface area contributed by atoms with E-state index in [0.717, 1.165) is 18.5 Å². The summed E-state index contributed by atoms with van der Waals surface area (Å²) in [5.74, 6) is 1.02. The molecule has 0 aliphatic heterocycles. The molecule has 2 N–H and O–H groups in total. The molecule has 1 amide bonds. The number of rotatable bonds is 9. The molecule has 21 heavy (non-hydrogen) atoms. The van der Waals surface area contributed by atoms with Gasteiger partial charge in [-0.3, -0.25) is 4.79 Å². The molecule has 0 aliphatic rings. The van der Waals surface area contributed by atoms with Gasteiger partial charge in [0.05, 0.1) is 0 Å². The predicted octanol–water partition coefficient (Wildman–Crippen LogP) is 2.99. The fourth-order valence-electron chi connectivity index (χ4n) is 1.74. The molecule has 0 unspecified atom stereocenters. The van der Waals surface area contributed by atoms with Gasteiger partial charge in [-0.15, -0.1) is 0 Å². The lowest BCUT2D eigenvalue weighted by Crippen LogP contribution is -2.31.